The standard InChI is InChI=1S/C18H27NO2S/c1-4-5-6-7-13-10-15-17(16(22)11-13)14(19-8-9-20)12-18(2,3)21-15/h10-11,20,22H,4-9,12H2,1-3H3. The van der Waals surface area contributed by atoms with E-state index in [2.05, 4.69) is 50.5 Å². The number of thiol groups is 1. The summed E-state index contributed by atoms with van der Waals surface area (Å²) in [6, 6.07) is 4.27. The minimum atomic E-state index is -0.274. The monoisotopic (exact) mass is 321 g/mol. The molecule has 2 rings (SSSR count). The summed E-state index contributed by atoms with van der Waals surface area (Å²) in [4.78, 5) is 5.47. The number of hydrogen-bond acceptors (Lipinski definition) is 4. The lowest BCUT2D eigenvalue weighted by molar-refractivity contribution is 0.110. The van der Waals surface area contributed by atoms with Crippen molar-refractivity contribution in [3.63, 3.8) is 0 Å². The molecule has 0 radical (unpaired) electrons. The molecule has 0 spiro atoms. The Bertz CT molecular complexity index is 552. The number of aliphatic hydroxyl groups excluding tert-OH is 1. The van der Waals surface area contributed by atoms with Gasteiger partial charge in [-0.3, -0.25) is 4.99 Å². The van der Waals surface area contributed by atoms with Crippen LogP contribution in [0.15, 0.2) is 22.0 Å². The zero-order chi connectivity index (χ0) is 16.2. The summed E-state index contributed by atoms with van der Waals surface area (Å²) in [6.07, 6.45) is 5.45. The van der Waals surface area contributed by atoms with E-state index in [-0.39, 0.29) is 12.2 Å². The minimum absolute atomic E-state index is 0.0666. The molecule has 0 atom stereocenters. The summed E-state index contributed by atoms with van der Waals surface area (Å²) in [5, 5.41) is 9.05. The largest absolute Gasteiger partial charge is 0.487 e. The molecular formula is C18H27NO2S. The molecule has 1 aromatic carbocycles. The van der Waals surface area contributed by atoms with E-state index in [1.54, 1.807) is 0 Å². The Morgan fingerprint density at radius 2 is 2.09 bits per heavy atom. The molecule has 1 N–H and O–H groups in total. The fraction of sp³-hybridized carbons (Fsp3) is 0.611. The van der Waals surface area contributed by atoms with Crippen LogP contribution in [0.2, 0.25) is 0 Å². The molecule has 3 nitrogen and oxygen atoms in total. The SMILES string of the molecule is CCCCCc1cc(S)c2c(c1)OC(C)(C)CC2=NCCO. The molecule has 0 fully saturated rings. The van der Waals surface area contributed by atoms with Crippen LogP contribution < -0.4 is 4.74 Å². The van der Waals surface area contributed by atoms with E-state index in [0.29, 0.717) is 6.54 Å². The first-order valence-corrected chi connectivity index (χ1v) is 8.61. The third-order valence-electron chi connectivity index (χ3n) is 3.88. The number of aryl methyl sites for hydroxylation is 1. The average molecular weight is 321 g/mol. The maximum absolute atomic E-state index is 9.05. The lowest BCUT2D eigenvalue weighted by Gasteiger charge is -2.34. The van der Waals surface area contributed by atoms with Gasteiger partial charge in [-0.05, 0) is 44.4 Å². The number of fused-ring (bicyclic) bond motifs is 1. The Hall–Kier alpha value is -1.00. The molecule has 0 aliphatic carbocycles. The number of benzene rings is 1. The Kier molecular flexibility index (Phi) is 5.93. The van der Waals surface area contributed by atoms with Gasteiger partial charge in [0.25, 0.3) is 0 Å². The molecule has 0 amide bonds. The molecule has 1 heterocycles. The normalized spacial score (nSPS) is 18.1. The van der Waals surface area contributed by atoms with Crippen molar-refractivity contribution in [2.45, 2.75) is 63.4 Å². The van der Waals surface area contributed by atoms with Crippen LogP contribution in [0.3, 0.4) is 0 Å². The smallest absolute Gasteiger partial charge is 0.130 e. The fourth-order valence-electron chi connectivity index (χ4n) is 2.90. The Morgan fingerprint density at radius 1 is 1.32 bits per heavy atom. The van der Waals surface area contributed by atoms with Crippen LogP contribution in [0, 0.1) is 0 Å². The second-order valence-corrected chi connectivity index (χ2v) is 7.02. The van der Waals surface area contributed by atoms with Crippen LogP contribution in [0.25, 0.3) is 0 Å². The van der Waals surface area contributed by atoms with E-state index in [4.69, 9.17) is 9.84 Å². The number of aliphatic hydroxyl groups is 1. The molecular weight excluding hydrogens is 294 g/mol. The third kappa shape index (κ3) is 4.26. The van der Waals surface area contributed by atoms with Gasteiger partial charge in [0.2, 0.25) is 0 Å². The summed E-state index contributed by atoms with van der Waals surface area (Å²) in [5.74, 6) is 0.881. The molecule has 4 heteroatoms. The summed E-state index contributed by atoms with van der Waals surface area (Å²) in [6.45, 7) is 6.86. The fourth-order valence-corrected chi connectivity index (χ4v) is 3.30. The molecule has 0 aromatic heterocycles. The van der Waals surface area contributed by atoms with Crippen LogP contribution >= 0.6 is 12.6 Å². The van der Waals surface area contributed by atoms with Crippen LogP contribution in [0.4, 0.5) is 0 Å². The molecule has 1 aliphatic rings. The summed E-state index contributed by atoms with van der Waals surface area (Å²) in [7, 11) is 0. The van der Waals surface area contributed by atoms with E-state index in [9.17, 15) is 0 Å². The number of unbranched alkanes of at least 4 members (excludes halogenated alkanes) is 2. The molecule has 0 saturated carbocycles. The Balaban J connectivity index is 2.35. The highest BCUT2D eigenvalue weighted by Gasteiger charge is 2.32. The van der Waals surface area contributed by atoms with Crippen molar-refractivity contribution in [2.75, 3.05) is 13.2 Å². The van der Waals surface area contributed by atoms with Gasteiger partial charge in [-0.15, -0.1) is 12.6 Å². The molecule has 0 saturated heterocycles. The van der Waals surface area contributed by atoms with Gasteiger partial charge in [0.15, 0.2) is 0 Å². The lowest BCUT2D eigenvalue weighted by Crippen LogP contribution is -2.36. The van der Waals surface area contributed by atoms with Crippen molar-refractivity contribution in [3.05, 3.63) is 23.3 Å². The number of rotatable bonds is 6. The van der Waals surface area contributed by atoms with E-state index < -0.39 is 0 Å². The van der Waals surface area contributed by atoms with Gasteiger partial charge in [-0.2, -0.15) is 0 Å². The van der Waals surface area contributed by atoms with Gasteiger partial charge < -0.3 is 9.84 Å². The molecule has 0 bridgehead atoms. The number of aliphatic imine (C=N–C) groups is 1. The van der Waals surface area contributed by atoms with Crippen molar-refractivity contribution < 1.29 is 9.84 Å². The van der Waals surface area contributed by atoms with Crippen LogP contribution in [-0.4, -0.2) is 29.6 Å². The Morgan fingerprint density at radius 3 is 2.77 bits per heavy atom. The quantitative estimate of drug-likeness (QED) is 0.613. The van der Waals surface area contributed by atoms with Crippen molar-refractivity contribution in [2.24, 2.45) is 4.99 Å². The summed E-state index contributed by atoms with van der Waals surface area (Å²) >= 11 is 4.67. The highest BCUT2D eigenvalue weighted by molar-refractivity contribution is 7.80. The first-order chi connectivity index (χ1) is 10.5. The molecule has 0 unspecified atom stereocenters. The maximum atomic E-state index is 9.05. The van der Waals surface area contributed by atoms with Gasteiger partial charge in [0, 0.05) is 11.3 Å². The van der Waals surface area contributed by atoms with Crippen molar-refractivity contribution in [3.8, 4) is 5.75 Å². The number of nitrogens with zero attached hydrogens (tertiary/aromatic N) is 1. The van der Waals surface area contributed by atoms with E-state index in [0.717, 1.165) is 34.8 Å². The third-order valence-corrected chi connectivity index (χ3v) is 4.23. The topological polar surface area (TPSA) is 41.8 Å². The molecule has 1 aliphatic heterocycles. The van der Waals surface area contributed by atoms with E-state index in [1.165, 1.54) is 24.8 Å². The first kappa shape index (κ1) is 17.4. The summed E-state index contributed by atoms with van der Waals surface area (Å²) in [5.41, 5.74) is 2.99. The van der Waals surface area contributed by atoms with Crippen LogP contribution in [0.1, 0.15) is 57.6 Å². The Labute approximate surface area is 139 Å². The highest BCUT2D eigenvalue weighted by atomic mass is 32.1. The maximum Gasteiger partial charge on any atom is 0.130 e. The number of hydrogen-bond donors (Lipinski definition) is 2. The van der Waals surface area contributed by atoms with Gasteiger partial charge >= 0.3 is 0 Å². The first-order valence-electron chi connectivity index (χ1n) is 8.16. The van der Waals surface area contributed by atoms with Crippen LogP contribution in [-0.2, 0) is 6.42 Å². The van der Waals surface area contributed by atoms with Crippen molar-refractivity contribution in [1.29, 1.82) is 0 Å². The minimum Gasteiger partial charge on any atom is -0.487 e. The van der Waals surface area contributed by atoms with Gasteiger partial charge in [-0.25, -0.2) is 0 Å². The zero-order valence-electron chi connectivity index (χ0n) is 13.9. The van der Waals surface area contributed by atoms with Gasteiger partial charge in [0.1, 0.15) is 11.4 Å². The second-order valence-electron chi connectivity index (χ2n) is 6.54. The van der Waals surface area contributed by atoms with Crippen molar-refractivity contribution >= 4 is 18.3 Å². The van der Waals surface area contributed by atoms with Crippen LogP contribution in [0.5, 0.6) is 5.75 Å². The molecule has 22 heavy (non-hydrogen) atoms. The predicted molar refractivity (Wildman–Crippen MR) is 94.7 cm³/mol. The predicted octanol–water partition coefficient (Wildman–Crippen LogP) is 4.05. The van der Waals surface area contributed by atoms with E-state index >= 15 is 0 Å². The molecule has 122 valence electrons. The number of ether oxygens (including phenoxy) is 1. The van der Waals surface area contributed by atoms with Crippen molar-refractivity contribution in [1.82, 2.24) is 0 Å². The second kappa shape index (κ2) is 7.51. The van der Waals surface area contributed by atoms with Gasteiger partial charge in [-0.1, -0.05) is 19.8 Å². The zero-order valence-corrected chi connectivity index (χ0v) is 14.7. The summed E-state index contributed by atoms with van der Waals surface area (Å²) < 4.78 is 6.17. The molecule has 1 aromatic rings. The highest BCUT2D eigenvalue weighted by Crippen LogP contribution is 2.38. The lowest BCUT2D eigenvalue weighted by atomic mass is 9.91. The van der Waals surface area contributed by atoms with Gasteiger partial charge in [0.05, 0.1) is 24.4 Å². The average Bonchev–Trinajstić information content (AvgIpc) is 2.43. The van der Waals surface area contributed by atoms with E-state index in [1.807, 2.05) is 0 Å².